The monoisotopic (exact) mass is 679 g/mol. The Balaban J connectivity index is 3.92. The van der Waals surface area contributed by atoms with Crippen LogP contribution in [-0.4, -0.2) is 75.6 Å². The summed E-state index contributed by atoms with van der Waals surface area (Å²) in [4.78, 5) is 22.4. The van der Waals surface area contributed by atoms with Crippen LogP contribution >= 0.6 is 7.82 Å². The molecule has 8 nitrogen and oxygen atoms in total. The lowest BCUT2D eigenvalue weighted by Gasteiger charge is -2.24. The largest absolute Gasteiger partial charge is 0.472 e. The van der Waals surface area contributed by atoms with Crippen molar-refractivity contribution < 1.29 is 37.3 Å². The molecule has 0 aromatic carbocycles. The van der Waals surface area contributed by atoms with E-state index in [0.717, 1.165) is 38.5 Å². The summed E-state index contributed by atoms with van der Waals surface area (Å²) in [5, 5.41) is 0. The third-order valence-corrected chi connectivity index (χ3v) is 9.40. The normalized spacial score (nSPS) is 14.0. The molecule has 0 saturated heterocycles. The Labute approximate surface area is 285 Å². The highest BCUT2D eigenvalue weighted by Crippen LogP contribution is 2.43. The minimum absolute atomic E-state index is 0.0924. The van der Waals surface area contributed by atoms with Crippen LogP contribution in [0, 0.1) is 0 Å². The number of rotatable bonds is 36. The second-order valence-electron chi connectivity index (χ2n) is 14.3. The van der Waals surface area contributed by atoms with Gasteiger partial charge in [0.2, 0.25) is 0 Å². The fraction of sp³-hybridized carbons (Fsp3) is 0.973. The van der Waals surface area contributed by atoms with Gasteiger partial charge in [0.1, 0.15) is 19.3 Å². The second-order valence-corrected chi connectivity index (χ2v) is 15.8. The van der Waals surface area contributed by atoms with Gasteiger partial charge in [0.05, 0.1) is 34.4 Å². The zero-order valence-corrected chi connectivity index (χ0v) is 32.0. The number of esters is 1. The van der Waals surface area contributed by atoms with E-state index in [1.165, 1.54) is 116 Å². The maximum absolute atomic E-state index is 12.3. The van der Waals surface area contributed by atoms with E-state index < -0.39 is 13.9 Å². The molecule has 0 heterocycles. The van der Waals surface area contributed by atoms with Gasteiger partial charge in [0.25, 0.3) is 0 Å². The van der Waals surface area contributed by atoms with E-state index in [2.05, 4.69) is 13.8 Å². The molecule has 0 amide bonds. The lowest BCUT2D eigenvalue weighted by molar-refractivity contribution is -0.870. The van der Waals surface area contributed by atoms with Crippen LogP contribution in [0.3, 0.4) is 0 Å². The highest BCUT2D eigenvalue weighted by atomic mass is 31.2. The van der Waals surface area contributed by atoms with Gasteiger partial charge in [-0.1, -0.05) is 155 Å². The van der Waals surface area contributed by atoms with Crippen molar-refractivity contribution >= 4 is 13.8 Å². The highest BCUT2D eigenvalue weighted by molar-refractivity contribution is 7.47. The molecule has 0 aromatic heterocycles. The van der Waals surface area contributed by atoms with E-state index >= 15 is 0 Å². The van der Waals surface area contributed by atoms with Gasteiger partial charge in [-0.25, -0.2) is 4.57 Å². The topological polar surface area (TPSA) is 91.3 Å². The zero-order chi connectivity index (χ0) is 34.2. The minimum Gasteiger partial charge on any atom is -0.457 e. The summed E-state index contributed by atoms with van der Waals surface area (Å²) >= 11 is 0. The van der Waals surface area contributed by atoms with Crippen molar-refractivity contribution in [3.63, 3.8) is 0 Å². The lowest BCUT2D eigenvalue weighted by atomic mass is 10.0. The fourth-order valence-electron chi connectivity index (χ4n) is 5.38. The van der Waals surface area contributed by atoms with Crippen molar-refractivity contribution in [3.05, 3.63) is 0 Å². The SMILES string of the molecule is CCCCCCCCCCCCCCCCCCCCCCOCC(COP(=O)(O)OCC[N+](C)(C)C)OC(=O)CCCCCC. The van der Waals surface area contributed by atoms with Crippen LogP contribution < -0.4 is 0 Å². The molecule has 0 aliphatic heterocycles. The number of quaternary nitrogens is 1. The van der Waals surface area contributed by atoms with Crippen LogP contribution in [0.25, 0.3) is 0 Å². The molecular formula is C37H77NO7P+. The van der Waals surface area contributed by atoms with Crippen molar-refractivity contribution in [2.24, 2.45) is 0 Å². The van der Waals surface area contributed by atoms with E-state index in [9.17, 15) is 14.3 Å². The van der Waals surface area contributed by atoms with Gasteiger partial charge in [-0.05, 0) is 12.8 Å². The molecule has 0 aliphatic carbocycles. The van der Waals surface area contributed by atoms with Crippen molar-refractivity contribution in [1.29, 1.82) is 0 Å². The van der Waals surface area contributed by atoms with Crippen LogP contribution in [0.2, 0.25) is 0 Å². The van der Waals surface area contributed by atoms with Gasteiger partial charge in [-0.15, -0.1) is 0 Å². The average Bonchev–Trinajstić information content (AvgIpc) is 2.99. The standard InChI is InChI=1S/C37H76NO7P/c1-6-8-10-12-13-14-15-16-17-18-19-20-21-22-23-24-25-26-27-29-32-42-34-36(45-37(39)30-28-11-9-7-2)35-44-46(40,41)43-33-31-38(3,4)5/h36H,6-35H2,1-5H3/p+1. The zero-order valence-electron chi connectivity index (χ0n) is 31.1. The summed E-state index contributed by atoms with van der Waals surface area (Å²) in [5.41, 5.74) is 0. The smallest absolute Gasteiger partial charge is 0.457 e. The molecule has 276 valence electrons. The van der Waals surface area contributed by atoms with E-state index in [1.54, 1.807) is 0 Å². The van der Waals surface area contributed by atoms with E-state index in [0.29, 0.717) is 24.1 Å². The Morgan fingerprint density at radius 2 is 1.00 bits per heavy atom. The molecule has 2 unspecified atom stereocenters. The molecule has 0 spiro atoms. The van der Waals surface area contributed by atoms with Gasteiger partial charge in [0, 0.05) is 13.0 Å². The van der Waals surface area contributed by atoms with Crippen LogP contribution in [0.5, 0.6) is 0 Å². The van der Waals surface area contributed by atoms with Crippen molar-refractivity contribution in [1.82, 2.24) is 0 Å². The fourth-order valence-corrected chi connectivity index (χ4v) is 6.12. The first-order valence-electron chi connectivity index (χ1n) is 19.3. The number of phosphoric ester groups is 1. The number of likely N-dealkylation sites (N-methyl/N-ethyl adjacent to an activating group) is 1. The Bertz CT molecular complexity index is 716. The molecule has 1 N–H and O–H groups in total. The van der Waals surface area contributed by atoms with Gasteiger partial charge in [-0.3, -0.25) is 13.8 Å². The maximum Gasteiger partial charge on any atom is 0.472 e. The summed E-state index contributed by atoms with van der Waals surface area (Å²) in [7, 11) is 1.68. The Morgan fingerprint density at radius 1 is 0.587 bits per heavy atom. The van der Waals surface area contributed by atoms with Crippen LogP contribution in [-0.2, 0) is 27.9 Å². The van der Waals surface area contributed by atoms with Gasteiger partial charge >= 0.3 is 13.8 Å². The molecule has 0 rings (SSSR count). The number of phosphoric acid groups is 1. The molecule has 2 atom stereocenters. The summed E-state index contributed by atoms with van der Waals surface area (Å²) in [6.45, 7) is 5.53. The number of ether oxygens (including phenoxy) is 2. The first kappa shape index (κ1) is 45.5. The molecule has 0 radical (unpaired) electrons. The molecule has 46 heavy (non-hydrogen) atoms. The predicted octanol–water partition coefficient (Wildman–Crippen LogP) is 10.5. The number of hydrogen-bond acceptors (Lipinski definition) is 6. The molecular weight excluding hydrogens is 601 g/mol. The van der Waals surface area contributed by atoms with E-state index in [-0.39, 0.29) is 25.8 Å². The highest BCUT2D eigenvalue weighted by Gasteiger charge is 2.26. The van der Waals surface area contributed by atoms with Gasteiger partial charge in [0.15, 0.2) is 0 Å². The molecule has 0 saturated carbocycles. The summed E-state index contributed by atoms with van der Waals surface area (Å²) in [6, 6.07) is 0. The maximum atomic E-state index is 12.3. The number of carbonyl (C=O) groups excluding carboxylic acids is 1. The average molecular weight is 679 g/mol. The van der Waals surface area contributed by atoms with Crippen molar-refractivity contribution in [2.75, 3.05) is 54.1 Å². The third kappa shape index (κ3) is 34.8. The second kappa shape index (κ2) is 31.7. The number of unbranched alkanes of at least 4 members (excludes halogenated alkanes) is 22. The Morgan fingerprint density at radius 3 is 1.43 bits per heavy atom. The first-order chi connectivity index (χ1) is 22.1. The van der Waals surface area contributed by atoms with E-state index in [1.807, 2.05) is 21.1 Å². The van der Waals surface area contributed by atoms with Crippen molar-refractivity contribution in [2.45, 2.75) is 180 Å². The van der Waals surface area contributed by atoms with Crippen LogP contribution in [0.15, 0.2) is 0 Å². The van der Waals surface area contributed by atoms with E-state index in [4.69, 9.17) is 18.5 Å². The van der Waals surface area contributed by atoms with Gasteiger partial charge < -0.3 is 18.9 Å². The minimum atomic E-state index is -4.25. The predicted molar refractivity (Wildman–Crippen MR) is 192 cm³/mol. The number of nitrogens with zero attached hydrogens (tertiary/aromatic N) is 1. The quantitative estimate of drug-likeness (QED) is 0.0305. The first-order valence-corrected chi connectivity index (χ1v) is 20.8. The Hall–Kier alpha value is -0.500. The summed E-state index contributed by atoms with van der Waals surface area (Å²) in [5.74, 6) is -0.328. The van der Waals surface area contributed by atoms with Gasteiger partial charge in [-0.2, -0.15) is 0 Å². The summed E-state index contributed by atoms with van der Waals surface area (Å²) < 4.78 is 34.6. The third-order valence-electron chi connectivity index (χ3n) is 8.42. The molecule has 0 fully saturated rings. The summed E-state index contributed by atoms with van der Waals surface area (Å²) in [6.07, 6.45) is 30.5. The molecule has 9 heteroatoms. The van der Waals surface area contributed by atoms with Crippen LogP contribution in [0.4, 0.5) is 0 Å². The van der Waals surface area contributed by atoms with Crippen molar-refractivity contribution in [3.8, 4) is 0 Å². The number of carbonyl (C=O) groups is 1. The van der Waals surface area contributed by atoms with Crippen LogP contribution in [0.1, 0.15) is 174 Å². The molecule has 0 aromatic rings. The molecule has 0 aliphatic rings. The number of hydrogen-bond donors (Lipinski definition) is 1. The molecule has 0 bridgehead atoms. The Kier molecular flexibility index (Phi) is 31.4. The lowest BCUT2D eigenvalue weighted by Crippen LogP contribution is -2.37.